The first-order valence-corrected chi connectivity index (χ1v) is 8.53. The van der Waals surface area contributed by atoms with E-state index in [1.165, 1.54) is 6.92 Å². The molecule has 0 spiro atoms. The van der Waals surface area contributed by atoms with Crippen LogP contribution in [0.5, 0.6) is 0 Å². The fourth-order valence-electron chi connectivity index (χ4n) is 2.38. The van der Waals surface area contributed by atoms with Gasteiger partial charge in [0.25, 0.3) is 5.91 Å². The average Bonchev–Trinajstić information content (AvgIpc) is 2.91. The lowest BCUT2D eigenvalue weighted by molar-refractivity contribution is -0.141. The number of aromatic nitrogens is 2. The first kappa shape index (κ1) is 20.1. The Morgan fingerprint density at radius 2 is 2.04 bits per heavy atom. The summed E-state index contributed by atoms with van der Waals surface area (Å²) in [6, 6.07) is 0.398. The minimum Gasteiger partial charge on any atom is -0.564 e. The summed E-state index contributed by atoms with van der Waals surface area (Å²) in [4.78, 5) is 55.8. The molecular formula is C16H23N6O5+. The van der Waals surface area contributed by atoms with Crippen LogP contribution >= 0.6 is 0 Å². The number of hydrogen-bond acceptors (Lipinski definition) is 7. The number of carbonyl (C=O) groups is 4. The number of nitrogens with one attached hydrogen (secondary N) is 3. The van der Waals surface area contributed by atoms with Gasteiger partial charge in [-0.05, 0) is 25.8 Å². The Kier molecular flexibility index (Phi) is 7.03. The van der Waals surface area contributed by atoms with Crippen molar-refractivity contribution >= 4 is 29.8 Å². The van der Waals surface area contributed by atoms with Gasteiger partial charge < -0.3 is 21.1 Å². The van der Waals surface area contributed by atoms with Crippen molar-refractivity contribution < 1.29 is 24.3 Å². The number of amides is 4. The lowest BCUT2D eigenvalue weighted by Crippen LogP contribution is -2.42. The molecule has 146 valence electrons. The van der Waals surface area contributed by atoms with Gasteiger partial charge in [0, 0.05) is 30.3 Å². The molecule has 2 heterocycles. The molecule has 27 heavy (non-hydrogen) atoms. The van der Waals surface area contributed by atoms with Gasteiger partial charge in [-0.1, -0.05) is 0 Å². The van der Waals surface area contributed by atoms with Crippen LogP contribution in [0.4, 0.5) is 10.7 Å². The summed E-state index contributed by atoms with van der Waals surface area (Å²) in [5.74, 6) is -1.98. The van der Waals surface area contributed by atoms with E-state index in [2.05, 4.69) is 25.9 Å². The van der Waals surface area contributed by atoms with Crippen LogP contribution in [-0.4, -0.2) is 69.5 Å². The van der Waals surface area contributed by atoms with Gasteiger partial charge in [0.1, 0.15) is 18.5 Å². The molecule has 0 saturated carbocycles. The predicted octanol–water partition coefficient (Wildman–Crippen LogP) is -1.41. The number of urea groups is 1. The van der Waals surface area contributed by atoms with Gasteiger partial charge in [-0.15, -0.1) is 0 Å². The highest BCUT2D eigenvalue weighted by Crippen LogP contribution is 2.11. The topological polar surface area (TPSA) is 156 Å². The fourth-order valence-corrected chi connectivity index (χ4v) is 2.38. The molecule has 1 aliphatic heterocycles. The molecule has 2 unspecified atom stereocenters. The van der Waals surface area contributed by atoms with Crippen LogP contribution in [-0.2, 0) is 14.4 Å². The number of anilines is 1. The number of carbonyl (C=O) groups excluding carboxylic acids is 4. The zero-order valence-electron chi connectivity index (χ0n) is 14.9. The highest BCUT2D eigenvalue weighted by atomic mass is 16.4. The van der Waals surface area contributed by atoms with Gasteiger partial charge in [0.2, 0.25) is 11.9 Å². The fraction of sp³-hybridized carbons (Fsp3) is 0.500. The molecule has 0 radical (unpaired) electrons. The minimum absolute atomic E-state index is 0.0124. The van der Waals surface area contributed by atoms with Gasteiger partial charge in [-0.3, -0.25) is 14.5 Å². The monoisotopic (exact) mass is 379 g/mol. The van der Waals surface area contributed by atoms with E-state index in [9.17, 15) is 19.2 Å². The maximum absolute atomic E-state index is 12.3. The lowest BCUT2D eigenvalue weighted by Gasteiger charge is -2.13. The van der Waals surface area contributed by atoms with E-state index >= 15 is 0 Å². The summed E-state index contributed by atoms with van der Waals surface area (Å²) in [6.07, 6.45) is 4.23. The van der Waals surface area contributed by atoms with Crippen molar-refractivity contribution in [2.75, 3.05) is 25.0 Å². The van der Waals surface area contributed by atoms with Crippen molar-refractivity contribution in [3.05, 3.63) is 18.5 Å². The molecule has 0 aliphatic carbocycles. The lowest BCUT2D eigenvalue weighted by atomic mass is 10.1. The molecule has 4 amide bonds. The molecule has 1 saturated heterocycles. The molecule has 2 rings (SSSR count). The van der Waals surface area contributed by atoms with Gasteiger partial charge in [-0.25, -0.2) is 14.8 Å². The van der Waals surface area contributed by atoms with E-state index in [4.69, 9.17) is 5.11 Å². The molecule has 1 fully saturated rings. The number of rotatable bonds is 10. The Hall–Kier alpha value is -3.24. The van der Waals surface area contributed by atoms with Crippen LogP contribution in [0.1, 0.15) is 19.8 Å². The van der Waals surface area contributed by atoms with Crippen LogP contribution in [0.3, 0.4) is 0 Å². The molecule has 1 aromatic heterocycles. The zero-order valence-corrected chi connectivity index (χ0v) is 14.9. The van der Waals surface area contributed by atoms with E-state index < -0.39 is 42.3 Å². The van der Waals surface area contributed by atoms with Crippen molar-refractivity contribution in [3.8, 4) is 0 Å². The third-order valence-corrected chi connectivity index (χ3v) is 3.98. The third-order valence-electron chi connectivity index (χ3n) is 3.98. The van der Waals surface area contributed by atoms with E-state index in [1.54, 1.807) is 18.5 Å². The van der Waals surface area contributed by atoms with Crippen LogP contribution in [0.15, 0.2) is 18.5 Å². The zero-order chi connectivity index (χ0) is 19.8. The first-order valence-electron chi connectivity index (χ1n) is 8.53. The van der Waals surface area contributed by atoms with Gasteiger partial charge in [0.05, 0.1) is 0 Å². The molecule has 11 nitrogen and oxygen atoms in total. The van der Waals surface area contributed by atoms with E-state index in [0.29, 0.717) is 25.3 Å². The second-order valence-electron chi connectivity index (χ2n) is 6.14. The molecule has 1 aliphatic rings. The smallest absolute Gasteiger partial charge is 0.520 e. The van der Waals surface area contributed by atoms with E-state index in [0.717, 1.165) is 4.90 Å². The predicted molar refractivity (Wildman–Crippen MR) is 94.6 cm³/mol. The molecule has 2 atom stereocenters. The Morgan fingerprint density at radius 3 is 2.70 bits per heavy atom. The van der Waals surface area contributed by atoms with Crippen LogP contribution < -0.4 is 16.0 Å². The highest BCUT2D eigenvalue weighted by Gasteiger charge is 2.38. The molecule has 11 heteroatoms. The van der Waals surface area contributed by atoms with Crippen molar-refractivity contribution in [3.63, 3.8) is 0 Å². The molecular weight excluding hydrogens is 356 g/mol. The molecule has 0 bridgehead atoms. The van der Waals surface area contributed by atoms with Crippen molar-refractivity contribution in [2.45, 2.75) is 25.8 Å². The van der Waals surface area contributed by atoms with E-state index in [-0.39, 0.29) is 6.54 Å². The summed E-state index contributed by atoms with van der Waals surface area (Å²) in [5.41, 5.74) is 0. The maximum Gasteiger partial charge on any atom is 0.520 e. The summed E-state index contributed by atoms with van der Waals surface area (Å²) in [6.45, 7) is 1.61. The van der Waals surface area contributed by atoms with Crippen molar-refractivity contribution in [1.82, 2.24) is 25.5 Å². The van der Waals surface area contributed by atoms with Crippen LogP contribution in [0.2, 0.25) is 0 Å². The normalized spacial score (nSPS) is 17.4. The molecule has 5 N–H and O–H groups in total. The molecule has 0 aromatic carbocycles. The summed E-state index contributed by atoms with van der Waals surface area (Å²) in [5, 5.41) is 14.9. The SMILES string of the molecule is CC(CNC(=O)CN1C(=O)NC(CCCNc2ncccn2)C1=O)C(=O)[OH2+]. The largest absolute Gasteiger partial charge is 0.564 e. The standard InChI is InChI=1S/C16H22N6O5/c1-10(14(25)26)8-20-12(23)9-22-13(24)11(21-16(22)27)4-2-5-17-15-18-6-3-7-19-15/h3,6-7,10-11H,2,4-5,8-9H2,1H3,(H,20,23)(H,21,27)(H,25,26)(H,17,18,19)/p+1. The van der Waals surface area contributed by atoms with Crippen LogP contribution in [0, 0.1) is 5.92 Å². The summed E-state index contributed by atoms with van der Waals surface area (Å²) >= 11 is 0. The quantitative estimate of drug-likeness (QED) is 0.256. The second kappa shape index (κ2) is 9.46. The highest BCUT2D eigenvalue weighted by molar-refractivity contribution is 6.06. The van der Waals surface area contributed by atoms with Gasteiger partial charge in [-0.2, -0.15) is 0 Å². The Balaban J connectivity index is 1.73. The van der Waals surface area contributed by atoms with Crippen molar-refractivity contribution in [2.24, 2.45) is 5.92 Å². The Bertz CT molecular complexity index is 698. The third kappa shape index (κ3) is 5.90. The number of hydrogen-bond donors (Lipinski definition) is 3. The number of nitrogens with zero attached hydrogens (tertiary/aromatic N) is 3. The van der Waals surface area contributed by atoms with Crippen molar-refractivity contribution in [1.29, 1.82) is 0 Å². The van der Waals surface area contributed by atoms with Gasteiger partial charge in [0.15, 0.2) is 0 Å². The Morgan fingerprint density at radius 1 is 1.33 bits per heavy atom. The minimum atomic E-state index is -0.792. The average molecular weight is 379 g/mol. The first-order chi connectivity index (χ1) is 12.9. The number of imide groups is 1. The maximum atomic E-state index is 12.3. The van der Waals surface area contributed by atoms with Crippen LogP contribution in [0.25, 0.3) is 0 Å². The van der Waals surface area contributed by atoms with E-state index in [1.807, 2.05) is 0 Å². The van der Waals surface area contributed by atoms with Gasteiger partial charge >= 0.3 is 12.0 Å². The second-order valence-corrected chi connectivity index (χ2v) is 6.14. The Labute approximate surface area is 155 Å². The molecule has 1 aromatic rings. The summed E-state index contributed by atoms with van der Waals surface area (Å²) < 4.78 is 0. The summed E-state index contributed by atoms with van der Waals surface area (Å²) in [7, 11) is 0.